The first-order valence-corrected chi connectivity index (χ1v) is 9.76. The first kappa shape index (κ1) is 13.6. The highest BCUT2D eigenvalue weighted by atomic mass is 14.5. The Labute approximate surface area is 126 Å². The summed E-state index contributed by atoms with van der Waals surface area (Å²) in [5, 5.41) is 0. The molecule has 0 amide bonds. The molecule has 0 aromatic heterocycles. The van der Waals surface area contributed by atoms with Gasteiger partial charge in [-0.05, 0) is 79.4 Å². The summed E-state index contributed by atoms with van der Waals surface area (Å²) < 4.78 is 0. The van der Waals surface area contributed by atoms with Crippen LogP contribution in [0.1, 0.15) is 78.1 Å². The number of hydrogen-bond acceptors (Lipinski definition) is 0. The summed E-state index contributed by atoms with van der Waals surface area (Å²) in [7, 11) is 0. The third-order valence-electron chi connectivity index (χ3n) is 8.28. The van der Waals surface area contributed by atoms with Crippen LogP contribution in [0.3, 0.4) is 0 Å². The van der Waals surface area contributed by atoms with E-state index in [1.165, 1.54) is 6.42 Å². The Hall–Kier alpha value is 0. The van der Waals surface area contributed by atoms with Crippen molar-refractivity contribution < 1.29 is 0 Å². The minimum Gasteiger partial charge on any atom is -0.0651 e. The predicted octanol–water partition coefficient (Wildman–Crippen LogP) is 5.91. The van der Waals surface area contributed by atoms with Gasteiger partial charge in [-0.3, -0.25) is 0 Å². The van der Waals surface area contributed by atoms with Gasteiger partial charge in [0.1, 0.15) is 0 Å². The van der Waals surface area contributed by atoms with Crippen molar-refractivity contribution in [1.29, 1.82) is 0 Å². The summed E-state index contributed by atoms with van der Waals surface area (Å²) in [5.41, 5.74) is 0. The molecular formula is C20H34. The quantitative estimate of drug-likeness (QED) is 0.557. The Morgan fingerprint density at radius 2 is 1.30 bits per heavy atom. The SMILES string of the molecule is CCC1CC2CC3C[C@H]4CCCCC4CC3CC2C1C. The van der Waals surface area contributed by atoms with Crippen molar-refractivity contribution in [2.24, 2.45) is 47.3 Å². The van der Waals surface area contributed by atoms with Gasteiger partial charge in [0, 0.05) is 0 Å². The van der Waals surface area contributed by atoms with Crippen LogP contribution < -0.4 is 0 Å². The van der Waals surface area contributed by atoms with E-state index in [0.29, 0.717) is 0 Å². The van der Waals surface area contributed by atoms with E-state index in [9.17, 15) is 0 Å². The van der Waals surface area contributed by atoms with Crippen molar-refractivity contribution in [3.05, 3.63) is 0 Å². The number of fused-ring (bicyclic) bond motifs is 3. The van der Waals surface area contributed by atoms with E-state index < -0.39 is 0 Å². The van der Waals surface area contributed by atoms with Crippen molar-refractivity contribution >= 4 is 0 Å². The average molecular weight is 274 g/mol. The molecule has 0 radical (unpaired) electrons. The minimum absolute atomic E-state index is 1.04. The van der Waals surface area contributed by atoms with Crippen molar-refractivity contribution in [2.75, 3.05) is 0 Å². The second kappa shape index (κ2) is 5.33. The van der Waals surface area contributed by atoms with E-state index in [1.807, 2.05) is 0 Å². The summed E-state index contributed by atoms with van der Waals surface area (Å²) in [6, 6.07) is 0. The summed E-state index contributed by atoms with van der Waals surface area (Å²) in [6.07, 6.45) is 15.8. The van der Waals surface area contributed by atoms with E-state index in [1.54, 1.807) is 57.8 Å². The molecule has 0 aromatic rings. The molecule has 0 aromatic carbocycles. The molecule has 20 heavy (non-hydrogen) atoms. The van der Waals surface area contributed by atoms with Gasteiger partial charge in [0.05, 0.1) is 0 Å². The fraction of sp³-hybridized carbons (Fsp3) is 1.00. The molecular weight excluding hydrogens is 240 g/mol. The zero-order valence-corrected chi connectivity index (χ0v) is 13.7. The molecule has 4 rings (SSSR count). The molecule has 0 nitrogen and oxygen atoms in total. The molecule has 0 N–H and O–H groups in total. The van der Waals surface area contributed by atoms with E-state index in [2.05, 4.69) is 13.8 Å². The number of rotatable bonds is 1. The highest BCUT2D eigenvalue weighted by Crippen LogP contribution is 2.58. The summed E-state index contributed by atoms with van der Waals surface area (Å²) in [6.45, 7) is 5.02. The Balaban J connectivity index is 1.47. The molecule has 114 valence electrons. The van der Waals surface area contributed by atoms with Crippen LogP contribution in [0.4, 0.5) is 0 Å². The van der Waals surface area contributed by atoms with Crippen molar-refractivity contribution in [3.63, 3.8) is 0 Å². The maximum atomic E-state index is 2.59. The minimum atomic E-state index is 1.04. The second-order valence-electron chi connectivity index (χ2n) is 8.95. The molecule has 8 atom stereocenters. The fourth-order valence-electron chi connectivity index (χ4n) is 7.16. The molecule has 4 saturated carbocycles. The lowest BCUT2D eigenvalue weighted by molar-refractivity contribution is 0.0106. The molecule has 7 unspecified atom stereocenters. The molecule has 0 saturated heterocycles. The Bertz CT molecular complexity index is 346. The largest absolute Gasteiger partial charge is 0.0651 e. The summed E-state index contributed by atoms with van der Waals surface area (Å²) in [4.78, 5) is 0. The highest BCUT2D eigenvalue weighted by molar-refractivity contribution is 4.98. The van der Waals surface area contributed by atoms with E-state index >= 15 is 0 Å². The molecule has 0 spiro atoms. The second-order valence-corrected chi connectivity index (χ2v) is 8.95. The van der Waals surface area contributed by atoms with Gasteiger partial charge in [-0.2, -0.15) is 0 Å². The lowest BCUT2D eigenvalue weighted by Gasteiger charge is -2.49. The molecule has 0 heteroatoms. The van der Waals surface area contributed by atoms with Crippen molar-refractivity contribution in [1.82, 2.24) is 0 Å². The third kappa shape index (κ3) is 2.17. The molecule has 4 aliphatic rings. The van der Waals surface area contributed by atoms with E-state index in [0.717, 1.165) is 47.3 Å². The van der Waals surface area contributed by atoms with Gasteiger partial charge >= 0.3 is 0 Å². The van der Waals surface area contributed by atoms with Gasteiger partial charge in [0.2, 0.25) is 0 Å². The molecule has 0 bridgehead atoms. The topological polar surface area (TPSA) is 0 Å². The van der Waals surface area contributed by atoms with Crippen molar-refractivity contribution in [2.45, 2.75) is 78.1 Å². The van der Waals surface area contributed by atoms with E-state index in [-0.39, 0.29) is 0 Å². The molecule has 4 aliphatic carbocycles. The fourth-order valence-corrected chi connectivity index (χ4v) is 7.16. The van der Waals surface area contributed by atoms with Crippen LogP contribution in [0.2, 0.25) is 0 Å². The maximum Gasteiger partial charge on any atom is -0.0354 e. The van der Waals surface area contributed by atoms with Crippen LogP contribution in [-0.2, 0) is 0 Å². The van der Waals surface area contributed by atoms with Gasteiger partial charge in [-0.1, -0.05) is 46.0 Å². The van der Waals surface area contributed by atoms with E-state index in [4.69, 9.17) is 0 Å². The first-order chi connectivity index (χ1) is 9.76. The monoisotopic (exact) mass is 274 g/mol. The van der Waals surface area contributed by atoms with Crippen LogP contribution in [0.5, 0.6) is 0 Å². The van der Waals surface area contributed by atoms with Gasteiger partial charge in [-0.15, -0.1) is 0 Å². The lowest BCUT2D eigenvalue weighted by atomic mass is 9.56. The summed E-state index contributed by atoms with van der Waals surface area (Å²) in [5.74, 6) is 8.88. The predicted molar refractivity (Wildman–Crippen MR) is 85.4 cm³/mol. The normalized spacial score (nSPS) is 54.9. The van der Waals surface area contributed by atoms with Crippen LogP contribution in [0.25, 0.3) is 0 Å². The zero-order valence-electron chi connectivity index (χ0n) is 13.7. The Morgan fingerprint density at radius 3 is 1.95 bits per heavy atom. The standard InChI is InChI=1S/C20H34/c1-3-14-8-19-11-17-9-15-6-4-5-7-16(15)10-18(17)12-20(19)13(14)2/h13-20H,3-12H2,1-2H3/t13?,14?,15-,16?,17?,18?,19?,20?/m1/s1. The smallest absolute Gasteiger partial charge is 0.0354 e. The van der Waals surface area contributed by atoms with Crippen molar-refractivity contribution in [3.8, 4) is 0 Å². The zero-order chi connectivity index (χ0) is 13.7. The molecule has 0 aliphatic heterocycles. The maximum absolute atomic E-state index is 2.59. The Morgan fingerprint density at radius 1 is 0.700 bits per heavy atom. The average Bonchev–Trinajstić information content (AvgIpc) is 2.78. The molecule has 4 fully saturated rings. The van der Waals surface area contributed by atoms with Crippen LogP contribution in [-0.4, -0.2) is 0 Å². The lowest BCUT2D eigenvalue weighted by Crippen LogP contribution is -2.40. The van der Waals surface area contributed by atoms with Gasteiger partial charge in [0.15, 0.2) is 0 Å². The first-order valence-electron chi connectivity index (χ1n) is 9.76. The van der Waals surface area contributed by atoms with Gasteiger partial charge in [-0.25, -0.2) is 0 Å². The highest BCUT2D eigenvalue weighted by Gasteiger charge is 2.49. The summed E-state index contributed by atoms with van der Waals surface area (Å²) >= 11 is 0. The number of hydrogen-bond donors (Lipinski definition) is 0. The van der Waals surface area contributed by atoms with Gasteiger partial charge in [0.25, 0.3) is 0 Å². The van der Waals surface area contributed by atoms with Crippen LogP contribution >= 0.6 is 0 Å². The van der Waals surface area contributed by atoms with Crippen LogP contribution in [0, 0.1) is 47.3 Å². The Kier molecular flexibility index (Phi) is 3.63. The third-order valence-corrected chi connectivity index (χ3v) is 8.28. The molecule has 0 heterocycles. The van der Waals surface area contributed by atoms with Crippen LogP contribution in [0.15, 0.2) is 0 Å². The van der Waals surface area contributed by atoms with Gasteiger partial charge < -0.3 is 0 Å².